The summed E-state index contributed by atoms with van der Waals surface area (Å²) in [7, 11) is -0.165. The van der Waals surface area contributed by atoms with Gasteiger partial charge in [-0.15, -0.1) is 0 Å². The molecule has 0 radical (unpaired) electrons. The van der Waals surface area contributed by atoms with Gasteiger partial charge in [-0.05, 0) is 58.5 Å². The van der Waals surface area contributed by atoms with E-state index in [4.69, 9.17) is 4.74 Å². The highest BCUT2D eigenvalue weighted by atomic mass is 32.2. The molecule has 0 aliphatic carbocycles. The van der Waals surface area contributed by atoms with Crippen molar-refractivity contribution in [3.8, 4) is 5.75 Å². The topological polar surface area (TPSA) is 87.7 Å². The van der Waals surface area contributed by atoms with Gasteiger partial charge in [0.25, 0.3) is 0 Å². The molecule has 1 aliphatic heterocycles. The van der Waals surface area contributed by atoms with Gasteiger partial charge in [-0.1, -0.05) is 0 Å². The minimum Gasteiger partial charge on any atom is -0.495 e. The molecule has 0 bridgehead atoms. The Balaban J connectivity index is 2.24. The summed E-state index contributed by atoms with van der Waals surface area (Å²) >= 11 is 0. The van der Waals surface area contributed by atoms with Crippen molar-refractivity contribution in [3.05, 3.63) is 18.2 Å². The summed E-state index contributed by atoms with van der Waals surface area (Å²) in [6, 6.07) is 4.24. The summed E-state index contributed by atoms with van der Waals surface area (Å²) in [5.74, 6) is 0.203. The highest BCUT2D eigenvalue weighted by molar-refractivity contribution is 7.89. The van der Waals surface area contributed by atoms with E-state index in [9.17, 15) is 13.2 Å². The monoisotopic (exact) mass is 369 g/mol. The number of sulfonamides is 1. The van der Waals surface area contributed by atoms with Gasteiger partial charge in [0.2, 0.25) is 15.9 Å². The van der Waals surface area contributed by atoms with Gasteiger partial charge in [0, 0.05) is 12.6 Å². The number of amides is 1. The number of hydrogen-bond acceptors (Lipinski definition) is 5. The number of anilines is 1. The first-order valence-corrected chi connectivity index (χ1v) is 9.91. The van der Waals surface area contributed by atoms with E-state index in [1.54, 1.807) is 19.9 Å². The Bertz CT molecular complexity index is 719. The first kappa shape index (κ1) is 19.7. The van der Waals surface area contributed by atoms with Crippen LogP contribution < -0.4 is 14.8 Å². The molecule has 7 nitrogen and oxygen atoms in total. The maximum atomic E-state index is 12.6. The molecule has 1 aromatic rings. The van der Waals surface area contributed by atoms with Gasteiger partial charge in [-0.3, -0.25) is 4.79 Å². The van der Waals surface area contributed by atoms with Gasteiger partial charge in [-0.25, -0.2) is 13.1 Å². The molecule has 2 N–H and O–H groups in total. The van der Waals surface area contributed by atoms with Crippen molar-refractivity contribution in [3.63, 3.8) is 0 Å². The Morgan fingerprint density at radius 2 is 2.08 bits per heavy atom. The third-order valence-electron chi connectivity index (χ3n) is 4.13. The Morgan fingerprint density at radius 1 is 1.36 bits per heavy atom. The number of rotatable bonds is 6. The second-order valence-electron chi connectivity index (χ2n) is 6.73. The Hall–Kier alpha value is -1.64. The SMILES string of the molecule is COc1ccc(S(=O)(=O)NC(C)C)cc1NC(=O)C1CCCN(C)C1. The summed E-state index contributed by atoms with van der Waals surface area (Å²) in [4.78, 5) is 14.8. The lowest BCUT2D eigenvalue weighted by Gasteiger charge is -2.28. The predicted octanol–water partition coefficient (Wildman–Crippen LogP) is 1.66. The molecule has 1 fully saturated rings. The lowest BCUT2D eigenvalue weighted by molar-refractivity contribution is -0.121. The zero-order chi connectivity index (χ0) is 18.6. The van der Waals surface area contributed by atoms with E-state index in [2.05, 4.69) is 14.9 Å². The molecule has 1 aliphatic rings. The van der Waals surface area contributed by atoms with Crippen LogP contribution >= 0.6 is 0 Å². The lowest BCUT2D eigenvalue weighted by atomic mass is 9.97. The standard InChI is InChI=1S/C17H27N3O4S/c1-12(2)19-25(22,23)14-7-8-16(24-4)15(10-14)18-17(21)13-6-5-9-20(3)11-13/h7-8,10,12-13,19H,5-6,9,11H2,1-4H3,(H,18,21). The number of likely N-dealkylation sites (tertiary alicyclic amines) is 1. The molecule has 8 heteroatoms. The van der Waals surface area contributed by atoms with Crippen LogP contribution in [0.2, 0.25) is 0 Å². The van der Waals surface area contributed by atoms with Crippen molar-refractivity contribution in [1.29, 1.82) is 0 Å². The Morgan fingerprint density at radius 3 is 2.68 bits per heavy atom. The van der Waals surface area contributed by atoms with Crippen LogP contribution in [0.3, 0.4) is 0 Å². The molecule has 0 aromatic heterocycles. The Labute approximate surface area is 149 Å². The van der Waals surface area contributed by atoms with Crippen LogP contribution in [0.5, 0.6) is 5.75 Å². The number of nitrogens with one attached hydrogen (secondary N) is 2. The quantitative estimate of drug-likeness (QED) is 0.796. The number of piperidine rings is 1. The number of ether oxygens (including phenoxy) is 1. The summed E-state index contributed by atoms with van der Waals surface area (Å²) in [6.07, 6.45) is 1.80. The molecular weight excluding hydrogens is 342 g/mol. The molecule has 140 valence electrons. The van der Waals surface area contributed by atoms with Gasteiger partial charge < -0.3 is 15.0 Å². The normalized spacial score (nSPS) is 19.0. The van der Waals surface area contributed by atoms with Crippen LogP contribution in [0.15, 0.2) is 23.1 Å². The third kappa shape index (κ3) is 5.17. The lowest BCUT2D eigenvalue weighted by Crippen LogP contribution is -2.38. The van der Waals surface area contributed by atoms with E-state index in [0.29, 0.717) is 18.0 Å². The van der Waals surface area contributed by atoms with Gasteiger partial charge in [-0.2, -0.15) is 0 Å². The maximum absolute atomic E-state index is 12.6. The largest absolute Gasteiger partial charge is 0.495 e. The molecule has 1 unspecified atom stereocenters. The number of nitrogens with zero attached hydrogens (tertiary/aromatic N) is 1. The molecular formula is C17H27N3O4S. The van der Waals surface area contributed by atoms with Gasteiger partial charge in [0.05, 0.1) is 23.6 Å². The van der Waals surface area contributed by atoms with Crippen LogP contribution in [-0.2, 0) is 14.8 Å². The van der Waals surface area contributed by atoms with E-state index >= 15 is 0 Å². The van der Waals surface area contributed by atoms with Crippen LogP contribution in [0.25, 0.3) is 0 Å². The van der Waals surface area contributed by atoms with E-state index < -0.39 is 10.0 Å². The molecule has 1 heterocycles. The second kappa shape index (κ2) is 8.16. The molecule has 0 spiro atoms. The van der Waals surface area contributed by atoms with E-state index in [1.165, 1.54) is 19.2 Å². The van der Waals surface area contributed by atoms with Crippen LogP contribution in [-0.4, -0.2) is 52.5 Å². The highest BCUT2D eigenvalue weighted by Gasteiger charge is 2.25. The minimum atomic E-state index is -3.64. The first-order chi connectivity index (χ1) is 11.7. The number of methoxy groups -OCH3 is 1. The zero-order valence-electron chi connectivity index (χ0n) is 15.2. The molecule has 25 heavy (non-hydrogen) atoms. The van der Waals surface area contributed by atoms with Crippen molar-refractivity contribution < 1.29 is 17.9 Å². The van der Waals surface area contributed by atoms with Crippen molar-refractivity contribution >= 4 is 21.6 Å². The zero-order valence-corrected chi connectivity index (χ0v) is 16.0. The summed E-state index contributed by atoms with van der Waals surface area (Å²) < 4.78 is 32.5. The molecule has 0 saturated carbocycles. The van der Waals surface area contributed by atoms with Gasteiger partial charge >= 0.3 is 0 Å². The van der Waals surface area contributed by atoms with Gasteiger partial charge in [0.15, 0.2) is 0 Å². The fourth-order valence-electron chi connectivity index (χ4n) is 2.95. The smallest absolute Gasteiger partial charge is 0.240 e. The predicted molar refractivity (Wildman–Crippen MR) is 97.3 cm³/mol. The summed E-state index contributed by atoms with van der Waals surface area (Å²) in [6.45, 7) is 5.19. The van der Waals surface area contributed by atoms with Crippen LogP contribution in [0.1, 0.15) is 26.7 Å². The molecule has 1 amide bonds. The van der Waals surface area contributed by atoms with Crippen molar-refractivity contribution in [1.82, 2.24) is 9.62 Å². The minimum absolute atomic E-state index is 0.0954. The number of carbonyl (C=O) groups is 1. The second-order valence-corrected chi connectivity index (χ2v) is 8.44. The van der Waals surface area contributed by atoms with Crippen LogP contribution in [0.4, 0.5) is 5.69 Å². The fraction of sp³-hybridized carbons (Fsp3) is 0.588. The van der Waals surface area contributed by atoms with Crippen molar-refractivity contribution in [2.75, 3.05) is 32.6 Å². The molecule has 2 rings (SSSR count). The Kier molecular flexibility index (Phi) is 6.42. The molecule has 1 aromatic carbocycles. The number of hydrogen-bond donors (Lipinski definition) is 2. The summed E-state index contributed by atoms with van der Waals surface area (Å²) in [5, 5.41) is 2.83. The van der Waals surface area contributed by atoms with Crippen LogP contribution in [0, 0.1) is 5.92 Å². The average Bonchev–Trinajstić information content (AvgIpc) is 2.53. The highest BCUT2D eigenvalue weighted by Crippen LogP contribution is 2.29. The maximum Gasteiger partial charge on any atom is 0.240 e. The fourth-order valence-corrected chi connectivity index (χ4v) is 4.22. The van der Waals surface area contributed by atoms with Crippen molar-refractivity contribution in [2.24, 2.45) is 5.92 Å². The van der Waals surface area contributed by atoms with Gasteiger partial charge in [0.1, 0.15) is 5.75 Å². The molecule has 1 atom stereocenters. The van der Waals surface area contributed by atoms with E-state index in [1.807, 2.05) is 7.05 Å². The summed E-state index contributed by atoms with van der Waals surface area (Å²) in [5.41, 5.74) is 0.368. The third-order valence-corrected chi connectivity index (χ3v) is 5.78. The number of carbonyl (C=O) groups excluding carboxylic acids is 1. The number of benzene rings is 1. The first-order valence-electron chi connectivity index (χ1n) is 8.42. The van der Waals surface area contributed by atoms with E-state index in [-0.39, 0.29) is 22.8 Å². The average molecular weight is 369 g/mol. The molecule has 1 saturated heterocycles. The van der Waals surface area contributed by atoms with Crippen molar-refractivity contribution in [2.45, 2.75) is 37.6 Å². The van der Waals surface area contributed by atoms with E-state index in [0.717, 1.165) is 19.4 Å².